The van der Waals surface area contributed by atoms with Gasteiger partial charge >= 0.3 is 5.97 Å². The first kappa shape index (κ1) is 15.9. The highest BCUT2D eigenvalue weighted by Crippen LogP contribution is 2.16. The van der Waals surface area contributed by atoms with Crippen molar-refractivity contribution in [3.05, 3.63) is 64.8 Å². The number of aromatic amines is 1. The summed E-state index contributed by atoms with van der Waals surface area (Å²) in [7, 11) is 0. The van der Waals surface area contributed by atoms with Gasteiger partial charge in [-0.15, -0.1) is 0 Å². The number of H-pyrrole nitrogens is 1. The Morgan fingerprint density at radius 2 is 1.79 bits per heavy atom. The number of hydrogen-bond donors (Lipinski definition) is 1. The Morgan fingerprint density at radius 1 is 1.04 bits per heavy atom. The van der Waals surface area contributed by atoms with Crippen molar-refractivity contribution in [3.63, 3.8) is 0 Å². The van der Waals surface area contributed by atoms with Crippen LogP contribution in [-0.2, 0) is 4.74 Å². The number of aromatic nitrogens is 2. The molecule has 0 bridgehead atoms. The number of aryl methyl sites for hydroxylation is 2. The number of ether oxygens (including phenoxy) is 1. The molecule has 0 radical (unpaired) electrons. The SMILES string of the molecule is Cc1ccc(C(=O)C(C)OC(=O)c2ccc3cn[nH]c3c2)cc1C. The van der Waals surface area contributed by atoms with Gasteiger partial charge in [-0.2, -0.15) is 5.10 Å². The smallest absolute Gasteiger partial charge is 0.338 e. The Labute approximate surface area is 139 Å². The van der Waals surface area contributed by atoms with Crippen LogP contribution in [0.2, 0.25) is 0 Å². The summed E-state index contributed by atoms with van der Waals surface area (Å²) in [5, 5.41) is 7.63. The molecule has 0 aliphatic carbocycles. The van der Waals surface area contributed by atoms with Crippen molar-refractivity contribution < 1.29 is 14.3 Å². The van der Waals surface area contributed by atoms with Crippen LogP contribution in [0, 0.1) is 13.8 Å². The molecule has 0 saturated carbocycles. The van der Waals surface area contributed by atoms with E-state index in [1.54, 1.807) is 37.4 Å². The number of esters is 1. The third-order valence-corrected chi connectivity index (χ3v) is 4.12. The second kappa shape index (κ2) is 6.28. The molecular weight excluding hydrogens is 304 g/mol. The van der Waals surface area contributed by atoms with Gasteiger partial charge in [0.25, 0.3) is 0 Å². The van der Waals surface area contributed by atoms with E-state index in [9.17, 15) is 9.59 Å². The highest BCUT2D eigenvalue weighted by Gasteiger charge is 2.21. The third kappa shape index (κ3) is 3.06. The maximum Gasteiger partial charge on any atom is 0.338 e. The lowest BCUT2D eigenvalue weighted by molar-refractivity contribution is 0.0319. The van der Waals surface area contributed by atoms with Crippen molar-refractivity contribution >= 4 is 22.7 Å². The standard InChI is InChI=1S/C19H18N2O3/c1-11-4-5-14(8-12(11)2)18(22)13(3)24-19(23)15-6-7-16-10-20-21-17(16)9-15/h4-10,13H,1-3H3,(H,20,21). The van der Waals surface area contributed by atoms with Crippen molar-refractivity contribution in [2.75, 3.05) is 0 Å². The second-order valence-electron chi connectivity index (χ2n) is 5.88. The molecule has 0 aliphatic heterocycles. The summed E-state index contributed by atoms with van der Waals surface area (Å²) >= 11 is 0. The molecule has 0 fully saturated rings. The van der Waals surface area contributed by atoms with Crippen LogP contribution in [0.25, 0.3) is 10.9 Å². The minimum Gasteiger partial charge on any atom is -0.451 e. The van der Waals surface area contributed by atoms with Crippen molar-refractivity contribution in [3.8, 4) is 0 Å². The topological polar surface area (TPSA) is 72.1 Å². The number of ketones is 1. The van der Waals surface area contributed by atoms with Crippen molar-refractivity contribution in [2.45, 2.75) is 26.9 Å². The number of carbonyl (C=O) groups is 2. The molecular formula is C19H18N2O3. The molecule has 5 nitrogen and oxygen atoms in total. The molecule has 0 aliphatic rings. The van der Waals surface area contributed by atoms with Crippen LogP contribution < -0.4 is 0 Å². The number of rotatable bonds is 4. The minimum atomic E-state index is -0.850. The van der Waals surface area contributed by atoms with Crippen LogP contribution in [0.15, 0.2) is 42.6 Å². The monoisotopic (exact) mass is 322 g/mol. The summed E-state index contributed by atoms with van der Waals surface area (Å²) in [6, 6.07) is 10.6. The lowest BCUT2D eigenvalue weighted by atomic mass is 10.0. The zero-order valence-electron chi connectivity index (χ0n) is 13.8. The van der Waals surface area contributed by atoms with E-state index in [1.165, 1.54) is 0 Å². The molecule has 1 unspecified atom stereocenters. The van der Waals surface area contributed by atoms with Gasteiger partial charge in [0.15, 0.2) is 6.10 Å². The molecule has 0 saturated heterocycles. The highest BCUT2D eigenvalue weighted by atomic mass is 16.5. The maximum atomic E-state index is 12.5. The molecule has 122 valence electrons. The van der Waals surface area contributed by atoms with Gasteiger partial charge < -0.3 is 4.74 Å². The van der Waals surface area contributed by atoms with E-state index >= 15 is 0 Å². The summed E-state index contributed by atoms with van der Waals surface area (Å²) < 4.78 is 5.33. The fourth-order valence-electron chi connectivity index (χ4n) is 2.48. The van der Waals surface area contributed by atoms with E-state index in [1.807, 2.05) is 26.0 Å². The van der Waals surface area contributed by atoms with Crippen LogP contribution in [0.1, 0.15) is 38.8 Å². The van der Waals surface area contributed by atoms with E-state index in [4.69, 9.17) is 4.74 Å². The summed E-state index contributed by atoms with van der Waals surface area (Å²) in [6.07, 6.45) is 0.827. The average Bonchev–Trinajstić information content (AvgIpc) is 3.04. The Hall–Kier alpha value is -2.95. The quantitative estimate of drug-likeness (QED) is 0.588. The largest absolute Gasteiger partial charge is 0.451 e. The van der Waals surface area contributed by atoms with Gasteiger partial charge in [-0.3, -0.25) is 9.89 Å². The summed E-state index contributed by atoms with van der Waals surface area (Å²) in [6.45, 7) is 5.52. The normalized spacial score (nSPS) is 12.1. The number of fused-ring (bicyclic) bond motifs is 1. The van der Waals surface area contributed by atoms with Crippen molar-refractivity contribution in [1.82, 2.24) is 10.2 Å². The van der Waals surface area contributed by atoms with E-state index < -0.39 is 12.1 Å². The molecule has 1 atom stereocenters. The van der Waals surface area contributed by atoms with Crippen LogP contribution in [-0.4, -0.2) is 28.1 Å². The van der Waals surface area contributed by atoms with Gasteiger partial charge in [0.2, 0.25) is 5.78 Å². The number of benzene rings is 2. The summed E-state index contributed by atoms with van der Waals surface area (Å²) in [5.74, 6) is -0.745. The molecule has 1 N–H and O–H groups in total. The highest BCUT2D eigenvalue weighted by molar-refractivity contribution is 6.02. The Balaban J connectivity index is 1.75. The second-order valence-corrected chi connectivity index (χ2v) is 5.88. The predicted molar refractivity (Wildman–Crippen MR) is 91.2 cm³/mol. The lowest BCUT2D eigenvalue weighted by Crippen LogP contribution is -2.24. The fourth-order valence-corrected chi connectivity index (χ4v) is 2.48. The number of nitrogens with one attached hydrogen (secondary N) is 1. The predicted octanol–water partition coefficient (Wildman–Crippen LogP) is 3.61. The van der Waals surface area contributed by atoms with Crippen LogP contribution in [0.4, 0.5) is 0 Å². The average molecular weight is 322 g/mol. The molecule has 3 aromatic rings. The van der Waals surface area contributed by atoms with Gasteiger partial charge in [0, 0.05) is 10.9 Å². The number of nitrogens with zero attached hydrogens (tertiary/aromatic N) is 1. The Morgan fingerprint density at radius 3 is 2.54 bits per heavy atom. The van der Waals surface area contributed by atoms with Gasteiger partial charge in [-0.05, 0) is 50.1 Å². The minimum absolute atomic E-state index is 0.214. The molecule has 5 heteroatoms. The van der Waals surface area contributed by atoms with Crippen LogP contribution in [0.5, 0.6) is 0 Å². The number of hydrogen-bond acceptors (Lipinski definition) is 4. The zero-order valence-corrected chi connectivity index (χ0v) is 13.8. The molecule has 0 spiro atoms. The molecule has 0 amide bonds. The van der Waals surface area contributed by atoms with Gasteiger partial charge in [0.05, 0.1) is 17.3 Å². The van der Waals surface area contributed by atoms with Gasteiger partial charge in [-0.25, -0.2) is 4.79 Å². The fraction of sp³-hybridized carbons (Fsp3) is 0.211. The summed E-state index contributed by atoms with van der Waals surface area (Å²) in [4.78, 5) is 24.7. The first-order valence-electron chi connectivity index (χ1n) is 7.71. The Bertz CT molecular complexity index is 927. The maximum absolute atomic E-state index is 12.5. The van der Waals surface area contributed by atoms with E-state index in [0.717, 1.165) is 22.0 Å². The molecule has 1 aromatic heterocycles. The third-order valence-electron chi connectivity index (χ3n) is 4.12. The Kier molecular flexibility index (Phi) is 4.16. The van der Waals surface area contributed by atoms with Crippen LogP contribution >= 0.6 is 0 Å². The van der Waals surface area contributed by atoms with Crippen molar-refractivity contribution in [1.29, 1.82) is 0 Å². The van der Waals surface area contributed by atoms with E-state index in [0.29, 0.717) is 11.1 Å². The zero-order chi connectivity index (χ0) is 17.3. The van der Waals surface area contributed by atoms with Crippen LogP contribution in [0.3, 0.4) is 0 Å². The first-order chi connectivity index (χ1) is 11.5. The lowest BCUT2D eigenvalue weighted by Gasteiger charge is -2.13. The number of Topliss-reactive ketones (excluding diaryl/α,β-unsaturated/α-hetero) is 1. The number of carbonyl (C=O) groups excluding carboxylic acids is 2. The summed E-state index contributed by atoms with van der Waals surface area (Å²) in [5.41, 5.74) is 3.82. The first-order valence-corrected chi connectivity index (χ1v) is 7.71. The van der Waals surface area contributed by atoms with E-state index in [-0.39, 0.29) is 5.78 Å². The van der Waals surface area contributed by atoms with E-state index in [2.05, 4.69) is 10.2 Å². The van der Waals surface area contributed by atoms with Gasteiger partial charge in [0.1, 0.15) is 0 Å². The molecule has 2 aromatic carbocycles. The van der Waals surface area contributed by atoms with Gasteiger partial charge in [-0.1, -0.05) is 18.2 Å². The van der Waals surface area contributed by atoms with Crippen molar-refractivity contribution in [2.24, 2.45) is 0 Å². The molecule has 1 heterocycles. The molecule has 3 rings (SSSR count). The molecule has 24 heavy (non-hydrogen) atoms.